The van der Waals surface area contributed by atoms with E-state index < -0.39 is 48.8 Å². The Morgan fingerprint density at radius 1 is 1.25 bits per heavy atom. The second-order valence-electron chi connectivity index (χ2n) is 5.77. The van der Waals surface area contributed by atoms with Gasteiger partial charge in [-0.1, -0.05) is 0 Å². The van der Waals surface area contributed by atoms with E-state index in [2.05, 4.69) is 5.10 Å². The standard InChI is InChI=1S/C12H14F5N3O3S/c1-6-8(9(11(13,14)15)18-20(6)4)12(16,17)24(21,22)7-5-10(2,3)23-19-7/h5,19H,1-4H3. The average Bonchev–Trinajstić information content (AvgIpc) is 2.90. The quantitative estimate of drug-likeness (QED) is 0.822. The highest BCUT2D eigenvalue weighted by Gasteiger charge is 2.57. The van der Waals surface area contributed by atoms with E-state index in [4.69, 9.17) is 4.84 Å². The first-order valence-electron chi connectivity index (χ1n) is 6.52. The van der Waals surface area contributed by atoms with Crippen LogP contribution < -0.4 is 5.48 Å². The van der Waals surface area contributed by atoms with Gasteiger partial charge in [0.05, 0.1) is 5.56 Å². The molecule has 1 aliphatic heterocycles. The number of hydroxylamine groups is 1. The summed E-state index contributed by atoms with van der Waals surface area (Å²) in [5.74, 6) is 0. The van der Waals surface area contributed by atoms with Gasteiger partial charge >= 0.3 is 11.4 Å². The first-order valence-corrected chi connectivity index (χ1v) is 8.00. The smallest absolute Gasteiger partial charge is 0.272 e. The molecule has 1 N–H and O–H groups in total. The van der Waals surface area contributed by atoms with Crippen LogP contribution in [0, 0.1) is 6.92 Å². The van der Waals surface area contributed by atoms with Crippen molar-refractivity contribution in [3.63, 3.8) is 0 Å². The van der Waals surface area contributed by atoms with E-state index in [9.17, 15) is 30.4 Å². The number of nitrogens with one attached hydrogen (secondary N) is 1. The molecule has 6 nitrogen and oxygen atoms in total. The molecule has 0 aliphatic carbocycles. The van der Waals surface area contributed by atoms with Crippen LogP contribution in [-0.2, 0) is 33.2 Å². The van der Waals surface area contributed by atoms with Gasteiger partial charge in [-0.2, -0.15) is 27.1 Å². The molecule has 0 unspecified atom stereocenters. The van der Waals surface area contributed by atoms with Crippen LogP contribution in [0.5, 0.6) is 0 Å². The maximum absolute atomic E-state index is 14.6. The van der Waals surface area contributed by atoms with Crippen LogP contribution in [0.1, 0.15) is 30.8 Å². The lowest BCUT2D eigenvalue weighted by Gasteiger charge is -2.19. The van der Waals surface area contributed by atoms with Crippen molar-refractivity contribution in [1.29, 1.82) is 0 Å². The van der Waals surface area contributed by atoms with Gasteiger partial charge < -0.3 is 0 Å². The molecule has 0 saturated carbocycles. The van der Waals surface area contributed by atoms with Gasteiger partial charge in [-0.15, -0.1) is 0 Å². The minimum atomic E-state index is -5.52. The third-order valence-corrected chi connectivity index (χ3v) is 5.07. The highest BCUT2D eigenvalue weighted by atomic mass is 32.2. The van der Waals surface area contributed by atoms with Crippen LogP contribution in [0.3, 0.4) is 0 Å². The zero-order valence-electron chi connectivity index (χ0n) is 13.0. The first-order chi connectivity index (χ1) is 10.6. The number of alkyl halides is 5. The summed E-state index contributed by atoms with van der Waals surface area (Å²) in [6.45, 7) is 3.70. The van der Waals surface area contributed by atoms with Crippen molar-refractivity contribution in [3.05, 3.63) is 28.1 Å². The summed E-state index contributed by atoms with van der Waals surface area (Å²) in [6, 6.07) is 0. The minimum absolute atomic E-state index is 0.554. The maximum atomic E-state index is 14.6. The number of sulfone groups is 1. The molecule has 0 spiro atoms. The van der Waals surface area contributed by atoms with Crippen molar-refractivity contribution in [2.75, 3.05) is 0 Å². The van der Waals surface area contributed by atoms with Crippen LogP contribution in [0.2, 0.25) is 0 Å². The highest BCUT2D eigenvalue weighted by Crippen LogP contribution is 2.46. The van der Waals surface area contributed by atoms with Crippen LogP contribution >= 0.6 is 0 Å². The molecule has 1 aromatic heterocycles. The zero-order chi connectivity index (χ0) is 18.7. The lowest BCUT2D eigenvalue weighted by atomic mass is 10.1. The van der Waals surface area contributed by atoms with Gasteiger partial charge in [0.25, 0.3) is 9.84 Å². The van der Waals surface area contributed by atoms with Crippen LogP contribution in [0.4, 0.5) is 22.0 Å². The van der Waals surface area contributed by atoms with Gasteiger partial charge in [-0.05, 0) is 26.8 Å². The Hall–Kier alpha value is -1.69. The van der Waals surface area contributed by atoms with Crippen molar-refractivity contribution in [3.8, 4) is 0 Å². The van der Waals surface area contributed by atoms with Gasteiger partial charge in [0, 0.05) is 12.7 Å². The maximum Gasteiger partial charge on any atom is 0.435 e. The van der Waals surface area contributed by atoms with Gasteiger partial charge in [-0.25, -0.2) is 8.42 Å². The van der Waals surface area contributed by atoms with E-state index in [0.717, 1.165) is 20.0 Å². The molecular formula is C12H14F5N3O3S. The summed E-state index contributed by atoms with van der Waals surface area (Å²) in [5.41, 5.74) is -3.65. The van der Waals surface area contributed by atoms with Crippen molar-refractivity contribution < 1.29 is 35.2 Å². The molecule has 0 fully saturated rings. The Labute approximate surface area is 134 Å². The Balaban J connectivity index is 2.68. The van der Waals surface area contributed by atoms with E-state index >= 15 is 0 Å². The number of aromatic nitrogens is 2. The van der Waals surface area contributed by atoms with Gasteiger partial charge in [0.1, 0.15) is 5.60 Å². The molecule has 0 atom stereocenters. The number of aryl methyl sites for hydroxylation is 1. The van der Waals surface area contributed by atoms with Gasteiger partial charge in [0.2, 0.25) is 0 Å². The average molecular weight is 375 g/mol. The lowest BCUT2D eigenvalue weighted by Crippen LogP contribution is -2.33. The van der Waals surface area contributed by atoms with Gasteiger partial charge in [0.15, 0.2) is 10.7 Å². The molecule has 0 radical (unpaired) electrons. The zero-order valence-corrected chi connectivity index (χ0v) is 13.8. The summed E-state index contributed by atoms with van der Waals surface area (Å²) in [5, 5.41) is -2.88. The van der Waals surface area contributed by atoms with E-state index in [1.165, 1.54) is 13.8 Å². The van der Waals surface area contributed by atoms with Crippen molar-refractivity contribution in [2.45, 2.75) is 37.8 Å². The van der Waals surface area contributed by atoms with E-state index in [1.54, 1.807) is 0 Å². The second kappa shape index (κ2) is 5.15. The molecule has 136 valence electrons. The summed E-state index contributed by atoms with van der Waals surface area (Å²) >= 11 is 0. The number of hydrogen-bond donors (Lipinski definition) is 1. The number of halogens is 5. The van der Waals surface area contributed by atoms with Crippen LogP contribution in [-0.4, -0.2) is 23.8 Å². The summed E-state index contributed by atoms with van der Waals surface area (Å²) < 4.78 is 93.2. The summed E-state index contributed by atoms with van der Waals surface area (Å²) in [4.78, 5) is 4.81. The van der Waals surface area contributed by atoms with Crippen LogP contribution in [0.15, 0.2) is 11.1 Å². The molecule has 2 rings (SSSR count). The van der Waals surface area contributed by atoms with Gasteiger partial charge in [-0.3, -0.25) is 15.0 Å². The molecule has 1 aromatic rings. The summed E-state index contributed by atoms with van der Waals surface area (Å²) in [7, 11) is -4.51. The molecule has 12 heteroatoms. The number of nitrogens with zero attached hydrogens (tertiary/aromatic N) is 2. The molecule has 0 saturated heterocycles. The molecule has 2 heterocycles. The fourth-order valence-corrected chi connectivity index (χ4v) is 3.50. The summed E-state index contributed by atoms with van der Waals surface area (Å²) in [6.07, 6.45) is -4.39. The Kier molecular flexibility index (Phi) is 4.00. The lowest BCUT2D eigenvalue weighted by molar-refractivity contribution is -0.143. The molecule has 0 aromatic carbocycles. The van der Waals surface area contributed by atoms with Crippen LogP contribution in [0.25, 0.3) is 0 Å². The van der Waals surface area contributed by atoms with E-state index in [-0.39, 0.29) is 0 Å². The highest BCUT2D eigenvalue weighted by molar-refractivity contribution is 7.95. The second-order valence-corrected chi connectivity index (χ2v) is 7.73. The topological polar surface area (TPSA) is 73.2 Å². The molecule has 1 aliphatic rings. The largest absolute Gasteiger partial charge is 0.435 e. The molecule has 0 amide bonds. The molecule has 0 bridgehead atoms. The number of rotatable bonds is 3. The van der Waals surface area contributed by atoms with Crippen molar-refractivity contribution >= 4 is 9.84 Å². The minimum Gasteiger partial charge on any atom is -0.272 e. The fraction of sp³-hybridized carbons (Fsp3) is 0.583. The third-order valence-electron chi connectivity index (χ3n) is 3.41. The predicted molar refractivity (Wildman–Crippen MR) is 72.1 cm³/mol. The Bertz CT molecular complexity index is 809. The van der Waals surface area contributed by atoms with Crippen molar-refractivity contribution in [1.82, 2.24) is 15.3 Å². The Morgan fingerprint density at radius 3 is 2.21 bits per heavy atom. The molecular weight excluding hydrogens is 361 g/mol. The molecule has 24 heavy (non-hydrogen) atoms. The predicted octanol–water partition coefficient (Wildman–Crippen LogP) is 2.37. The number of hydrogen-bond acceptors (Lipinski definition) is 5. The fourth-order valence-electron chi connectivity index (χ4n) is 2.12. The monoisotopic (exact) mass is 375 g/mol. The van der Waals surface area contributed by atoms with E-state index in [0.29, 0.717) is 4.68 Å². The Morgan fingerprint density at radius 2 is 1.79 bits per heavy atom. The third kappa shape index (κ3) is 2.77. The SMILES string of the molecule is Cc1c(C(F)(F)S(=O)(=O)C2=CC(C)(C)ON2)c(C(F)(F)F)nn1C. The van der Waals surface area contributed by atoms with E-state index in [1.807, 2.05) is 5.48 Å². The first kappa shape index (κ1) is 18.6. The normalized spacial score (nSPS) is 18.5. The van der Waals surface area contributed by atoms with Crippen molar-refractivity contribution in [2.24, 2.45) is 7.05 Å².